The Hall–Kier alpha value is -1.96. The Morgan fingerprint density at radius 3 is 2.40 bits per heavy atom. The van der Waals surface area contributed by atoms with Crippen molar-refractivity contribution in [2.45, 2.75) is 13.8 Å². The lowest BCUT2D eigenvalue weighted by Gasteiger charge is -2.14. The van der Waals surface area contributed by atoms with Crippen molar-refractivity contribution in [1.82, 2.24) is 0 Å². The highest BCUT2D eigenvalue weighted by atomic mass is 127. The first-order valence-corrected chi connectivity index (χ1v) is 7.98. The van der Waals surface area contributed by atoms with Crippen LogP contribution in [0.15, 0.2) is 53.5 Å². The molecular weight excluding hydrogens is 429 g/mol. The second kappa shape index (κ2) is 10.8. The van der Waals surface area contributed by atoms with Crippen molar-refractivity contribution < 1.29 is 9.47 Å². The minimum absolute atomic E-state index is 0. The van der Waals surface area contributed by atoms with Gasteiger partial charge in [-0.2, -0.15) is 0 Å². The Morgan fingerprint density at radius 1 is 1.12 bits per heavy atom. The van der Waals surface area contributed by atoms with Crippen molar-refractivity contribution in [2.75, 3.05) is 25.6 Å². The average molecular weight is 455 g/mol. The van der Waals surface area contributed by atoms with E-state index in [1.165, 1.54) is 5.56 Å². The van der Waals surface area contributed by atoms with Crippen LogP contribution in [-0.4, -0.2) is 26.2 Å². The van der Waals surface area contributed by atoms with Crippen LogP contribution in [0.4, 0.5) is 5.69 Å². The number of ether oxygens (including phenoxy) is 2. The Morgan fingerprint density at radius 2 is 1.76 bits per heavy atom. The molecular formula is C19H26IN3O2. The molecule has 2 rings (SSSR count). The van der Waals surface area contributed by atoms with Gasteiger partial charge in [0.05, 0.1) is 13.7 Å². The highest BCUT2D eigenvalue weighted by Gasteiger charge is 2.07. The Kier molecular flexibility index (Phi) is 9.12. The number of hydrogen-bond donors (Lipinski definition) is 2. The molecule has 1 unspecified atom stereocenters. The van der Waals surface area contributed by atoms with E-state index < -0.39 is 0 Å². The SMILES string of the molecule is COc1ccccc1OCC(C)CN=C(N)Nc1ccc(C)cc1.I. The largest absolute Gasteiger partial charge is 0.493 e. The summed E-state index contributed by atoms with van der Waals surface area (Å²) < 4.78 is 11.1. The summed E-state index contributed by atoms with van der Waals surface area (Å²) in [6.07, 6.45) is 0. The summed E-state index contributed by atoms with van der Waals surface area (Å²) in [6, 6.07) is 15.6. The lowest BCUT2D eigenvalue weighted by atomic mass is 10.2. The van der Waals surface area contributed by atoms with E-state index >= 15 is 0 Å². The standard InChI is InChI=1S/C19H25N3O2.HI/c1-14-8-10-16(11-9-14)22-19(20)21-12-15(2)13-24-18-7-5-4-6-17(18)23-3;/h4-11,15H,12-13H2,1-3H3,(H3,20,21,22);1H. The normalized spacial score (nSPS) is 12.0. The first kappa shape index (κ1) is 21.1. The molecule has 0 bridgehead atoms. The molecule has 3 N–H and O–H groups in total. The van der Waals surface area contributed by atoms with Gasteiger partial charge in [0.1, 0.15) is 0 Å². The highest BCUT2D eigenvalue weighted by Crippen LogP contribution is 2.26. The van der Waals surface area contributed by atoms with E-state index in [-0.39, 0.29) is 29.9 Å². The molecule has 2 aromatic rings. The summed E-state index contributed by atoms with van der Waals surface area (Å²) >= 11 is 0. The quantitative estimate of drug-likeness (QED) is 0.376. The number of nitrogens with two attached hydrogens (primary N) is 1. The third-order valence-electron chi connectivity index (χ3n) is 3.49. The van der Waals surface area contributed by atoms with Gasteiger partial charge in [-0.1, -0.05) is 36.8 Å². The zero-order valence-corrected chi connectivity index (χ0v) is 17.2. The fourth-order valence-corrected chi connectivity index (χ4v) is 2.10. The number of para-hydroxylation sites is 2. The van der Waals surface area contributed by atoms with Gasteiger partial charge in [-0.15, -0.1) is 24.0 Å². The Bertz CT molecular complexity index is 675. The maximum absolute atomic E-state index is 5.92. The minimum Gasteiger partial charge on any atom is -0.493 e. The topological polar surface area (TPSA) is 68.9 Å². The third-order valence-corrected chi connectivity index (χ3v) is 3.49. The van der Waals surface area contributed by atoms with E-state index in [1.54, 1.807) is 7.11 Å². The first-order chi connectivity index (χ1) is 11.6. The summed E-state index contributed by atoms with van der Waals surface area (Å²) in [4.78, 5) is 4.37. The number of nitrogens with one attached hydrogen (secondary N) is 1. The van der Waals surface area contributed by atoms with Crippen molar-refractivity contribution in [3.63, 3.8) is 0 Å². The van der Waals surface area contributed by atoms with E-state index in [0.717, 1.165) is 17.2 Å². The predicted octanol–water partition coefficient (Wildman–Crippen LogP) is 4.06. The lowest BCUT2D eigenvalue weighted by molar-refractivity contribution is 0.251. The maximum atomic E-state index is 5.92. The monoisotopic (exact) mass is 455 g/mol. The number of nitrogens with zero attached hydrogens (tertiary/aromatic N) is 1. The van der Waals surface area contributed by atoms with Gasteiger partial charge in [0.15, 0.2) is 17.5 Å². The molecule has 0 aliphatic rings. The third kappa shape index (κ3) is 7.21. The number of guanidine groups is 1. The van der Waals surface area contributed by atoms with Crippen LogP contribution >= 0.6 is 24.0 Å². The molecule has 0 radical (unpaired) electrons. The van der Waals surface area contributed by atoms with Crippen molar-refractivity contribution >= 4 is 35.6 Å². The lowest BCUT2D eigenvalue weighted by Crippen LogP contribution is -2.24. The number of aryl methyl sites for hydroxylation is 1. The molecule has 0 aliphatic heterocycles. The fourth-order valence-electron chi connectivity index (χ4n) is 2.10. The van der Waals surface area contributed by atoms with E-state index in [9.17, 15) is 0 Å². The molecule has 0 heterocycles. The molecule has 0 spiro atoms. The Balaban J connectivity index is 0.00000312. The van der Waals surface area contributed by atoms with Crippen LogP contribution in [0.2, 0.25) is 0 Å². The van der Waals surface area contributed by atoms with E-state index in [1.807, 2.05) is 55.5 Å². The van der Waals surface area contributed by atoms with Crippen LogP contribution < -0.4 is 20.5 Å². The Labute approximate surface area is 166 Å². The number of anilines is 1. The van der Waals surface area contributed by atoms with E-state index in [4.69, 9.17) is 15.2 Å². The van der Waals surface area contributed by atoms with Gasteiger partial charge in [0.2, 0.25) is 0 Å². The molecule has 25 heavy (non-hydrogen) atoms. The molecule has 5 nitrogen and oxygen atoms in total. The smallest absolute Gasteiger partial charge is 0.193 e. The zero-order chi connectivity index (χ0) is 17.4. The van der Waals surface area contributed by atoms with Gasteiger partial charge in [0.25, 0.3) is 0 Å². The van der Waals surface area contributed by atoms with Crippen molar-refractivity contribution in [1.29, 1.82) is 0 Å². The van der Waals surface area contributed by atoms with Crippen LogP contribution in [0.3, 0.4) is 0 Å². The molecule has 1 atom stereocenters. The van der Waals surface area contributed by atoms with Crippen molar-refractivity contribution in [3.05, 3.63) is 54.1 Å². The number of methoxy groups -OCH3 is 1. The van der Waals surface area contributed by atoms with Crippen LogP contribution in [0, 0.1) is 12.8 Å². The molecule has 136 valence electrons. The molecule has 0 saturated heterocycles. The van der Waals surface area contributed by atoms with Crippen LogP contribution in [-0.2, 0) is 0 Å². The summed E-state index contributed by atoms with van der Waals surface area (Å²) in [7, 11) is 1.63. The molecule has 2 aromatic carbocycles. The number of benzene rings is 2. The second-order valence-corrected chi connectivity index (χ2v) is 5.78. The maximum Gasteiger partial charge on any atom is 0.193 e. The van der Waals surface area contributed by atoms with Crippen molar-refractivity contribution in [3.8, 4) is 11.5 Å². The van der Waals surface area contributed by atoms with Crippen LogP contribution in [0.1, 0.15) is 12.5 Å². The van der Waals surface area contributed by atoms with Crippen molar-refractivity contribution in [2.24, 2.45) is 16.6 Å². The predicted molar refractivity (Wildman–Crippen MR) is 114 cm³/mol. The van der Waals surface area contributed by atoms with E-state index in [2.05, 4.69) is 17.2 Å². The molecule has 0 aromatic heterocycles. The molecule has 0 aliphatic carbocycles. The van der Waals surface area contributed by atoms with Gasteiger partial charge in [-0.05, 0) is 31.2 Å². The number of hydrogen-bond acceptors (Lipinski definition) is 3. The van der Waals surface area contributed by atoms with Gasteiger partial charge >= 0.3 is 0 Å². The van der Waals surface area contributed by atoms with E-state index in [0.29, 0.717) is 19.1 Å². The number of aliphatic imine (C=N–C) groups is 1. The van der Waals surface area contributed by atoms with Gasteiger partial charge in [-0.3, -0.25) is 4.99 Å². The second-order valence-electron chi connectivity index (χ2n) is 5.78. The van der Waals surface area contributed by atoms with Gasteiger partial charge < -0.3 is 20.5 Å². The minimum atomic E-state index is 0. The number of rotatable bonds is 7. The molecule has 0 saturated carbocycles. The zero-order valence-electron chi connectivity index (χ0n) is 14.9. The van der Waals surface area contributed by atoms with Crippen LogP contribution in [0.5, 0.6) is 11.5 Å². The first-order valence-electron chi connectivity index (χ1n) is 7.98. The summed E-state index contributed by atoms with van der Waals surface area (Å²) in [5, 5.41) is 3.08. The van der Waals surface area contributed by atoms with Gasteiger partial charge in [0, 0.05) is 18.2 Å². The number of halogens is 1. The fraction of sp³-hybridized carbons (Fsp3) is 0.316. The molecule has 0 amide bonds. The van der Waals surface area contributed by atoms with Gasteiger partial charge in [-0.25, -0.2) is 0 Å². The summed E-state index contributed by atoms with van der Waals surface area (Å²) in [5.41, 5.74) is 8.06. The summed E-state index contributed by atoms with van der Waals surface area (Å²) in [5.74, 6) is 2.10. The average Bonchev–Trinajstić information content (AvgIpc) is 2.60. The highest BCUT2D eigenvalue weighted by molar-refractivity contribution is 14.0. The van der Waals surface area contributed by atoms with Crippen LogP contribution in [0.25, 0.3) is 0 Å². The molecule has 6 heteroatoms. The summed E-state index contributed by atoms with van der Waals surface area (Å²) in [6.45, 7) is 5.24. The molecule has 0 fully saturated rings.